The van der Waals surface area contributed by atoms with E-state index < -0.39 is 32.0 Å². The van der Waals surface area contributed by atoms with Crippen molar-refractivity contribution in [3.63, 3.8) is 0 Å². The van der Waals surface area contributed by atoms with Crippen LogP contribution >= 0.6 is 0 Å². The summed E-state index contributed by atoms with van der Waals surface area (Å²) in [6.45, 7) is 0. The Morgan fingerprint density at radius 3 is 1.71 bits per heavy atom. The first-order valence-electron chi connectivity index (χ1n) is 4.74. The molecule has 0 aromatic heterocycles. The van der Waals surface area contributed by atoms with Crippen LogP contribution in [0.5, 0.6) is 0 Å². The Morgan fingerprint density at radius 2 is 1.33 bits per heavy atom. The van der Waals surface area contributed by atoms with Gasteiger partial charge in [-0.3, -0.25) is 5.01 Å². The van der Waals surface area contributed by atoms with E-state index in [1.165, 1.54) is 12.1 Å². The Bertz CT molecular complexity index is 616. The zero-order valence-corrected chi connectivity index (χ0v) is 17.0. The molecule has 106 valence electrons. The SMILES string of the molecule is O=S(=O)([O-])CN(CS(=O)(=O)[O-])N=Nc1ccccc1.[Na+].[Na+]. The van der Waals surface area contributed by atoms with Crippen molar-refractivity contribution in [2.45, 2.75) is 0 Å². The molecule has 0 aliphatic rings. The molecule has 0 heterocycles. The first-order valence-corrected chi connectivity index (χ1v) is 7.90. The van der Waals surface area contributed by atoms with Crippen LogP contribution in [0, 0.1) is 0 Å². The zero-order chi connectivity index (χ0) is 14.5. The van der Waals surface area contributed by atoms with E-state index in [0.717, 1.165) is 0 Å². The quantitative estimate of drug-likeness (QED) is 0.214. The number of rotatable bonds is 6. The van der Waals surface area contributed by atoms with Gasteiger partial charge in [0, 0.05) is 0 Å². The van der Waals surface area contributed by atoms with Crippen LogP contribution in [-0.2, 0) is 20.2 Å². The standard InChI is InChI=1S/C8H11N3O6S2.2Na/c12-18(13,14)6-11(7-19(15,16)17)10-9-8-4-2-1-3-5-8;;/h1-5H,6-7H2,(H,12,13,14)(H,15,16,17);;/q;2*+1/p-2. The molecule has 0 aliphatic heterocycles. The third-order valence-electron chi connectivity index (χ3n) is 1.66. The molecule has 13 heteroatoms. The van der Waals surface area contributed by atoms with E-state index in [-0.39, 0.29) is 64.1 Å². The van der Waals surface area contributed by atoms with Crippen molar-refractivity contribution in [3.8, 4) is 0 Å². The average molecular weight is 353 g/mol. The van der Waals surface area contributed by atoms with Gasteiger partial charge in [0.15, 0.2) is 0 Å². The van der Waals surface area contributed by atoms with Crippen molar-refractivity contribution in [3.05, 3.63) is 30.3 Å². The van der Waals surface area contributed by atoms with Crippen molar-refractivity contribution in [2.24, 2.45) is 10.3 Å². The van der Waals surface area contributed by atoms with Gasteiger partial charge in [0.1, 0.15) is 32.0 Å². The molecule has 0 fully saturated rings. The molecular formula is C8H9N3Na2O6S2. The van der Waals surface area contributed by atoms with Gasteiger partial charge in [-0.05, 0) is 12.1 Å². The number of hydrogen-bond acceptors (Lipinski definition) is 8. The fraction of sp³-hybridized carbons (Fsp3) is 0.250. The van der Waals surface area contributed by atoms with Crippen LogP contribution in [0.2, 0.25) is 0 Å². The molecule has 0 amide bonds. The summed E-state index contributed by atoms with van der Waals surface area (Å²) in [7, 11) is -9.56. The molecule has 0 radical (unpaired) electrons. The summed E-state index contributed by atoms with van der Waals surface area (Å²) < 4.78 is 63.3. The van der Waals surface area contributed by atoms with Gasteiger partial charge in [-0.25, -0.2) is 16.8 Å². The summed E-state index contributed by atoms with van der Waals surface area (Å²) in [4.78, 5) is 0. The summed E-state index contributed by atoms with van der Waals surface area (Å²) >= 11 is 0. The van der Waals surface area contributed by atoms with Gasteiger partial charge >= 0.3 is 59.1 Å². The van der Waals surface area contributed by atoms with Crippen LogP contribution in [0.4, 0.5) is 5.69 Å². The van der Waals surface area contributed by atoms with Gasteiger partial charge in [-0.1, -0.05) is 23.4 Å². The fourth-order valence-corrected chi connectivity index (χ4v) is 2.19. The van der Waals surface area contributed by atoms with Crippen LogP contribution in [0.25, 0.3) is 0 Å². The van der Waals surface area contributed by atoms with Crippen molar-refractivity contribution in [1.29, 1.82) is 0 Å². The minimum atomic E-state index is -4.78. The second kappa shape index (κ2) is 10.3. The van der Waals surface area contributed by atoms with Crippen LogP contribution in [0.3, 0.4) is 0 Å². The van der Waals surface area contributed by atoms with E-state index >= 15 is 0 Å². The number of benzene rings is 1. The van der Waals surface area contributed by atoms with Crippen LogP contribution < -0.4 is 59.1 Å². The summed E-state index contributed by atoms with van der Waals surface area (Å²) in [5, 5.41) is 7.06. The van der Waals surface area contributed by atoms with Crippen LogP contribution in [0.1, 0.15) is 0 Å². The molecule has 0 aliphatic carbocycles. The molecule has 0 atom stereocenters. The molecule has 0 bridgehead atoms. The largest absolute Gasteiger partial charge is 1.00 e. The Labute approximate surface area is 166 Å². The van der Waals surface area contributed by atoms with Gasteiger partial charge in [-0.2, -0.15) is 0 Å². The molecule has 0 N–H and O–H groups in total. The molecule has 0 saturated heterocycles. The van der Waals surface area contributed by atoms with Crippen LogP contribution in [-0.4, -0.2) is 42.7 Å². The molecule has 0 spiro atoms. The van der Waals surface area contributed by atoms with Gasteiger partial charge < -0.3 is 9.11 Å². The maximum absolute atomic E-state index is 10.5. The van der Waals surface area contributed by atoms with Crippen molar-refractivity contribution in [1.82, 2.24) is 5.01 Å². The van der Waals surface area contributed by atoms with Gasteiger partial charge in [0.2, 0.25) is 0 Å². The Kier molecular flexibility index (Phi) is 11.6. The second-order valence-electron chi connectivity index (χ2n) is 3.40. The van der Waals surface area contributed by atoms with E-state index in [4.69, 9.17) is 0 Å². The Balaban J connectivity index is 0. The smallest absolute Gasteiger partial charge is 0.747 e. The summed E-state index contributed by atoms with van der Waals surface area (Å²) in [6, 6.07) is 7.96. The maximum Gasteiger partial charge on any atom is 1.00 e. The first-order chi connectivity index (χ1) is 8.66. The third-order valence-corrected chi connectivity index (χ3v) is 2.89. The summed E-state index contributed by atoms with van der Waals surface area (Å²) in [6.07, 6.45) is 0. The molecule has 1 rings (SSSR count). The van der Waals surface area contributed by atoms with Gasteiger partial charge in [0.05, 0.1) is 5.69 Å². The molecule has 0 unspecified atom stereocenters. The van der Waals surface area contributed by atoms with E-state index in [1.807, 2.05) is 0 Å². The molecular weight excluding hydrogens is 344 g/mol. The summed E-state index contributed by atoms with van der Waals surface area (Å²) in [5.41, 5.74) is 0.305. The fourth-order valence-electron chi connectivity index (χ4n) is 1.06. The van der Waals surface area contributed by atoms with E-state index in [9.17, 15) is 25.9 Å². The first kappa shape index (κ1) is 23.7. The number of hydrogen-bond donors (Lipinski definition) is 0. The topological polar surface area (TPSA) is 142 Å². The number of nitrogens with zero attached hydrogens (tertiary/aromatic N) is 3. The molecule has 21 heavy (non-hydrogen) atoms. The van der Waals surface area contributed by atoms with E-state index in [0.29, 0.717) is 5.69 Å². The third kappa shape index (κ3) is 12.6. The normalized spacial score (nSPS) is 11.5. The minimum Gasteiger partial charge on any atom is -0.747 e. The Morgan fingerprint density at radius 1 is 0.905 bits per heavy atom. The average Bonchev–Trinajstić information content (AvgIpc) is 2.23. The maximum atomic E-state index is 10.5. The predicted octanol–water partition coefficient (Wildman–Crippen LogP) is -6.00. The van der Waals surface area contributed by atoms with Crippen molar-refractivity contribution in [2.75, 3.05) is 11.8 Å². The molecule has 9 nitrogen and oxygen atoms in total. The molecule has 1 aromatic carbocycles. The molecule has 1 aromatic rings. The zero-order valence-electron chi connectivity index (χ0n) is 11.4. The second-order valence-corrected chi connectivity index (χ2v) is 6.15. The van der Waals surface area contributed by atoms with Crippen LogP contribution in [0.15, 0.2) is 40.7 Å². The van der Waals surface area contributed by atoms with Gasteiger partial charge in [-0.15, -0.1) is 5.11 Å². The van der Waals surface area contributed by atoms with Crippen molar-refractivity contribution < 1.29 is 85.1 Å². The monoisotopic (exact) mass is 353 g/mol. The van der Waals surface area contributed by atoms with Crippen molar-refractivity contribution >= 4 is 25.9 Å². The van der Waals surface area contributed by atoms with E-state index in [1.54, 1.807) is 18.2 Å². The summed E-state index contributed by atoms with van der Waals surface area (Å²) in [5.74, 6) is -2.52. The molecule has 0 saturated carbocycles. The minimum absolute atomic E-state index is 0. The predicted molar refractivity (Wildman–Crippen MR) is 61.9 cm³/mol. The van der Waals surface area contributed by atoms with Gasteiger partial charge in [0.25, 0.3) is 0 Å². The van der Waals surface area contributed by atoms with E-state index in [2.05, 4.69) is 10.3 Å². The Hall–Kier alpha value is 0.440.